The lowest BCUT2D eigenvalue weighted by molar-refractivity contribution is -0.259. The molecule has 0 N–H and O–H groups in total. The summed E-state index contributed by atoms with van der Waals surface area (Å²) in [6.07, 6.45) is -3.85. The summed E-state index contributed by atoms with van der Waals surface area (Å²) < 4.78 is 23.2. The molecule has 180 valence electrons. The zero-order valence-corrected chi connectivity index (χ0v) is 19.4. The van der Waals surface area contributed by atoms with Gasteiger partial charge in [-0.1, -0.05) is 61.5 Å². The van der Waals surface area contributed by atoms with Gasteiger partial charge in [0, 0.05) is 5.92 Å². The van der Waals surface area contributed by atoms with Crippen LogP contribution in [0.25, 0.3) is 0 Å². The fraction of sp³-hybridized carbons (Fsp3) is 0.250. The fourth-order valence-electron chi connectivity index (χ4n) is 3.81. The van der Waals surface area contributed by atoms with Crippen molar-refractivity contribution in [1.82, 2.24) is 0 Å². The summed E-state index contributed by atoms with van der Waals surface area (Å²) in [5.41, 5.74) is 0.971. The molecule has 1 aliphatic heterocycles. The predicted octanol–water partition coefficient (Wildman–Crippen LogP) is 4.68. The Labute approximate surface area is 203 Å². The highest BCUT2D eigenvalue weighted by molar-refractivity contribution is 5.91. The SMILES string of the molecule is C[C@@H]1[C@@H](OC(=O)c2ccccc2)[C@@H](OC(=O)c2ccccc2)C(OC(=O)c2ccccc2)O[C@H]1C. The molecule has 1 aliphatic rings. The van der Waals surface area contributed by atoms with Crippen molar-refractivity contribution in [2.45, 2.75) is 38.4 Å². The molecular weight excluding hydrogens is 448 g/mol. The minimum atomic E-state index is -1.28. The summed E-state index contributed by atoms with van der Waals surface area (Å²) in [7, 11) is 0. The third-order valence-electron chi connectivity index (χ3n) is 5.94. The van der Waals surface area contributed by atoms with Crippen molar-refractivity contribution in [3.63, 3.8) is 0 Å². The van der Waals surface area contributed by atoms with Crippen molar-refractivity contribution < 1.29 is 33.3 Å². The molecule has 0 aliphatic carbocycles. The van der Waals surface area contributed by atoms with E-state index in [0.29, 0.717) is 16.7 Å². The number of carbonyl (C=O) groups excluding carboxylic acids is 3. The van der Waals surface area contributed by atoms with Crippen LogP contribution in [0.15, 0.2) is 91.0 Å². The quantitative estimate of drug-likeness (QED) is 0.379. The van der Waals surface area contributed by atoms with Crippen molar-refractivity contribution in [2.75, 3.05) is 0 Å². The summed E-state index contributed by atoms with van der Waals surface area (Å²) in [6.45, 7) is 3.61. The lowest BCUT2D eigenvalue weighted by atomic mass is 9.91. The van der Waals surface area contributed by atoms with E-state index in [1.807, 2.05) is 6.92 Å². The molecule has 1 fully saturated rings. The van der Waals surface area contributed by atoms with Crippen LogP contribution in [0.5, 0.6) is 0 Å². The maximum atomic E-state index is 12.9. The monoisotopic (exact) mass is 474 g/mol. The van der Waals surface area contributed by atoms with Gasteiger partial charge < -0.3 is 18.9 Å². The first kappa shape index (κ1) is 24.2. The highest BCUT2D eigenvalue weighted by atomic mass is 16.7. The molecular formula is C28H26O7. The highest BCUT2D eigenvalue weighted by Gasteiger charge is 2.49. The minimum absolute atomic E-state index is 0.306. The first-order valence-electron chi connectivity index (χ1n) is 11.4. The Morgan fingerprint density at radius 3 is 1.37 bits per heavy atom. The van der Waals surface area contributed by atoms with Gasteiger partial charge in [0.1, 0.15) is 0 Å². The second kappa shape index (κ2) is 11.0. The van der Waals surface area contributed by atoms with Crippen molar-refractivity contribution >= 4 is 17.9 Å². The van der Waals surface area contributed by atoms with Gasteiger partial charge in [0.25, 0.3) is 0 Å². The van der Waals surface area contributed by atoms with E-state index >= 15 is 0 Å². The zero-order valence-electron chi connectivity index (χ0n) is 19.4. The molecule has 1 heterocycles. The Bertz CT molecular complexity index is 1150. The van der Waals surface area contributed by atoms with Gasteiger partial charge in [-0.3, -0.25) is 0 Å². The Balaban J connectivity index is 1.63. The molecule has 0 radical (unpaired) electrons. The topological polar surface area (TPSA) is 88.1 Å². The average Bonchev–Trinajstić information content (AvgIpc) is 2.90. The molecule has 4 rings (SSSR count). The Hall–Kier alpha value is -3.97. The number of hydrogen-bond donors (Lipinski definition) is 0. The summed E-state index contributed by atoms with van der Waals surface area (Å²) in [6, 6.07) is 25.3. The van der Waals surface area contributed by atoms with Crippen LogP contribution in [0.1, 0.15) is 44.9 Å². The Kier molecular flexibility index (Phi) is 7.57. The maximum Gasteiger partial charge on any atom is 0.340 e. The first-order chi connectivity index (χ1) is 16.9. The molecule has 1 saturated heterocycles. The van der Waals surface area contributed by atoms with E-state index < -0.39 is 42.5 Å². The minimum Gasteiger partial charge on any atom is -0.454 e. The molecule has 0 bridgehead atoms. The highest BCUT2D eigenvalue weighted by Crippen LogP contribution is 2.32. The van der Waals surface area contributed by atoms with Gasteiger partial charge in [0.05, 0.1) is 22.8 Å². The average molecular weight is 475 g/mol. The second-order valence-electron chi connectivity index (χ2n) is 8.31. The van der Waals surface area contributed by atoms with Crippen molar-refractivity contribution in [1.29, 1.82) is 0 Å². The van der Waals surface area contributed by atoms with Gasteiger partial charge in [-0.2, -0.15) is 0 Å². The van der Waals surface area contributed by atoms with Gasteiger partial charge in [0.15, 0.2) is 6.10 Å². The van der Waals surface area contributed by atoms with Gasteiger partial charge in [-0.05, 0) is 43.3 Å². The molecule has 7 nitrogen and oxygen atoms in total. The van der Waals surface area contributed by atoms with E-state index in [-0.39, 0.29) is 5.92 Å². The van der Waals surface area contributed by atoms with Gasteiger partial charge in [-0.25, -0.2) is 14.4 Å². The molecule has 3 aromatic carbocycles. The standard InChI is InChI=1S/C28H26O7/c1-18-19(2)32-28(35-27(31)22-16-10-5-11-17-22)24(34-26(30)21-14-8-4-9-15-21)23(18)33-25(29)20-12-6-3-7-13-20/h3-19,23-24,28H,1-2H3/t18-,19-,23+,24+,28?/m0/s1. The van der Waals surface area contributed by atoms with Crippen LogP contribution in [-0.2, 0) is 18.9 Å². The van der Waals surface area contributed by atoms with Gasteiger partial charge in [-0.15, -0.1) is 0 Å². The van der Waals surface area contributed by atoms with E-state index in [9.17, 15) is 14.4 Å². The van der Waals surface area contributed by atoms with E-state index in [1.54, 1.807) is 97.9 Å². The largest absolute Gasteiger partial charge is 0.454 e. The Morgan fingerprint density at radius 2 is 0.943 bits per heavy atom. The van der Waals surface area contributed by atoms with Crippen LogP contribution >= 0.6 is 0 Å². The van der Waals surface area contributed by atoms with Crippen LogP contribution in [-0.4, -0.2) is 42.5 Å². The third kappa shape index (κ3) is 5.75. The fourth-order valence-corrected chi connectivity index (χ4v) is 3.81. The first-order valence-corrected chi connectivity index (χ1v) is 11.4. The smallest absolute Gasteiger partial charge is 0.340 e. The summed E-state index contributed by atoms with van der Waals surface area (Å²) in [4.78, 5) is 38.7. The Morgan fingerprint density at radius 1 is 0.571 bits per heavy atom. The summed E-state index contributed by atoms with van der Waals surface area (Å²) >= 11 is 0. The molecule has 0 saturated carbocycles. The van der Waals surface area contributed by atoms with Crippen molar-refractivity contribution in [3.8, 4) is 0 Å². The normalized spacial score (nSPS) is 23.7. The van der Waals surface area contributed by atoms with Crippen molar-refractivity contribution in [3.05, 3.63) is 108 Å². The molecule has 5 atom stereocenters. The lowest BCUT2D eigenvalue weighted by Crippen LogP contribution is -2.57. The predicted molar refractivity (Wildman–Crippen MR) is 127 cm³/mol. The number of esters is 3. The lowest BCUT2D eigenvalue weighted by Gasteiger charge is -2.42. The molecule has 7 heteroatoms. The zero-order chi connectivity index (χ0) is 24.8. The summed E-state index contributed by atoms with van der Waals surface area (Å²) in [5.74, 6) is -2.23. The number of ether oxygens (including phenoxy) is 4. The van der Waals surface area contributed by atoms with Crippen LogP contribution in [0.3, 0.4) is 0 Å². The molecule has 3 aromatic rings. The van der Waals surface area contributed by atoms with Crippen molar-refractivity contribution in [2.24, 2.45) is 5.92 Å². The molecule has 0 spiro atoms. The number of hydrogen-bond acceptors (Lipinski definition) is 7. The molecule has 1 unspecified atom stereocenters. The van der Waals surface area contributed by atoms with Crippen LogP contribution in [0, 0.1) is 5.92 Å². The molecule has 35 heavy (non-hydrogen) atoms. The number of rotatable bonds is 6. The second-order valence-corrected chi connectivity index (χ2v) is 8.31. The van der Waals surface area contributed by atoms with Crippen LogP contribution in [0.2, 0.25) is 0 Å². The van der Waals surface area contributed by atoms with Crippen LogP contribution < -0.4 is 0 Å². The third-order valence-corrected chi connectivity index (χ3v) is 5.94. The number of benzene rings is 3. The summed E-state index contributed by atoms with van der Waals surface area (Å²) in [5, 5.41) is 0. The van der Waals surface area contributed by atoms with E-state index in [0.717, 1.165) is 0 Å². The molecule has 0 aromatic heterocycles. The van der Waals surface area contributed by atoms with Gasteiger partial charge >= 0.3 is 17.9 Å². The maximum absolute atomic E-state index is 12.9. The van der Waals surface area contributed by atoms with E-state index in [4.69, 9.17) is 18.9 Å². The van der Waals surface area contributed by atoms with Gasteiger partial charge in [0.2, 0.25) is 12.4 Å². The van der Waals surface area contributed by atoms with E-state index in [1.165, 1.54) is 0 Å². The molecule has 0 amide bonds. The van der Waals surface area contributed by atoms with Crippen LogP contribution in [0.4, 0.5) is 0 Å². The number of carbonyl (C=O) groups is 3. The van der Waals surface area contributed by atoms with E-state index in [2.05, 4.69) is 0 Å².